The first kappa shape index (κ1) is 39.2. The van der Waals surface area contributed by atoms with E-state index in [2.05, 4.69) is 19.1 Å². The number of quaternary nitrogens is 1. The summed E-state index contributed by atoms with van der Waals surface area (Å²) in [6, 6.07) is 0. The first-order chi connectivity index (χ1) is 19.1. The Bertz CT molecular complexity index is 667. The fraction of sp³-hybridized carbons (Fsp3) is 0.903. The van der Waals surface area contributed by atoms with Gasteiger partial charge in [-0.3, -0.25) is 13.8 Å². The number of hydrogen-bond donors (Lipinski definition) is 1. The number of nitrogens with zero attached hydrogens (tertiary/aromatic N) is 1. The smallest absolute Gasteiger partial charge is 0.458 e. The molecule has 40 heavy (non-hydrogen) atoms. The zero-order valence-electron chi connectivity index (χ0n) is 26.6. The molecule has 0 spiro atoms. The highest BCUT2D eigenvalue weighted by Crippen LogP contribution is 2.43. The predicted molar refractivity (Wildman–Crippen MR) is 164 cm³/mol. The molecule has 0 aromatic carbocycles. The summed E-state index contributed by atoms with van der Waals surface area (Å²) in [4.78, 5) is 21.2. The van der Waals surface area contributed by atoms with Crippen molar-refractivity contribution in [1.82, 2.24) is 0 Å². The Morgan fingerprint density at radius 2 is 1.25 bits per heavy atom. The molecule has 0 aliphatic heterocycles. The van der Waals surface area contributed by atoms with Crippen LogP contribution in [0.3, 0.4) is 0 Å². The third kappa shape index (κ3) is 30.2. The van der Waals surface area contributed by atoms with Gasteiger partial charge < -0.3 is 18.9 Å². The second-order valence-electron chi connectivity index (χ2n) is 11.9. The van der Waals surface area contributed by atoms with E-state index in [1.807, 2.05) is 21.1 Å². The van der Waals surface area contributed by atoms with Crippen LogP contribution in [0.2, 0.25) is 0 Å². The van der Waals surface area contributed by atoms with Gasteiger partial charge in [0.25, 0.3) is 0 Å². The highest BCUT2D eigenvalue weighted by molar-refractivity contribution is 7.47. The molecular formula is C31H63NO7P+. The molecule has 0 aromatic rings. The maximum atomic E-state index is 12.1. The van der Waals surface area contributed by atoms with Crippen LogP contribution in [0.4, 0.5) is 0 Å². The van der Waals surface area contributed by atoms with Gasteiger partial charge in [0.1, 0.15) is 19.3 Å². The molecule has 0 amide bonds. The number of rotatable bonds is 29. The second kappa shape index (κ2) is 25.9. The Hall–Kier alpha value is -0.760. The van der Waals surface area contributed by atoms with Gasteiger partial charge in [0.05, 0.1) is 34.4 Å². The predicted octanol–water partition coefficient (Wildman–Crippen LogP) is 7.98. The number of carbonyl (C=O) groups is 1. The van der Waals surface area contributed by atoms with Gasteiger partial charge >= 0.3 is 13.8 Å². The van der Waals surface area contributed by atoms with Gasteiger partial charge in [0.2, 0.25) is 0 Å². The molecule has 2 unspecified atom stereocenters. The maximum Gasteiger partial charge on any atom is 0.472 e. The van der Waals surface area contributed by atoms with Crippen LogP contribution in [0.15, 0.2) is 12.2 Å². The third-order valence-electron chi connectivity index (χ3n) is 6.63. The van der Waals surface area contributed by atoms with Crippen LogP contribution >= 0.6 is 7.82 Å². The molecule has 8 nitrogen and oxygen atoms in total. The molecule has 9 heteroatoms. The van der Waals surface area contributed by atoms with Crippen molar-refractivity contribution in [3.05, 3.63) is 12.2 Å². The molecule has 238 valence electrons. The Labute approximate surface area is 246 Å². The van der Waals surface area contributed by atoms with Crippen LogP contribution in [0.1, 0.15) is 123 Å². The lowest BCUT2D eigenvalue weighted by atomic mass is 10.1. The number of phosphoric acid groups is 1. The largest absolute Gasteiger partial charge is 0.472 e. The topological polar surface area (TPSA) is 91.3 Å². The fourth-order valence-electron chi connectivity index (χ4n) is 4.19. The number of unbranched alkanes of at least 4 members (excludes halogenated alkanes) is 15. The lowest BCUT2D eigenvalue weighted by Gasteiger charge is -2.24. The van der Waals surface area contributed by atoms with Gasteiger partial charge in [-0.1, -0.05) is 96.1 Å². The monoisotopic (exact) mass is 592 g/mol. The van der Waals surface area contributed by atoms with Crippen molar-refractivity contribution in [3.63, 3.8) is 0 Å². The zero-order chi connectivity index (χ0) is 30.0. The standard InChI is InChI=1S/C31H62NO7P/c1-6-7-8-9-10-11-12-13-14-15-16-17-18-19-20-21-22-23-24-26-36-28-31(39-30(2)33)29-38-40(34,35)37-27-25-32(3,4)5/h14-15,31H,6-13,16-29H2,1-5H3/p+1/b15-14-. The Balaban J connectivity index is 3.68. The van der Waals surface area contributed by atoms with E-state index in [-0.39, 0.29) is 19.8 Å². The van der Waals surface area contributed by atoms with E-state index in [0.717, 1.165) is 12.8 Å². The molecule has 0 radical (unpaired) electrons. The van der Waals surface area contributed by atoms with Crippen molar-refractivity contribution in [2.24, 2.45) is 0 Å². The van der Waals surface area contributed by atoms with Crippen molar-refractivity contribution in [3.8, 4) is 0 Å². The van der Waals surface area contributed by atoms with Gasteiger partial charge in [0.15, 0.2) is 0 Å². The number of ether oxygens (including phenoxy) is 2. The molecular weight excluding hydrogens is 529 g/mol. The van der Waals surface area contributed by atoms with E-state index in [4.69, 9.17) is 18.5 Å². The Morgan fingerprint density at radius 1 is 0.750 bits per heavy atom. The van der Waals surface area contributed by atoms with E-state index in [1.165, 1.54) is 103 Å². The summed E-state index contributed by atoms with van der Waals surface area (Å²) in [6.07, 6.45) is 25.8. The molecule has 0 fully saturated rings. The minimum Gasteiger partial charge on any atom is -0.458 e. The third-order valence-corrected chi connectivity index (χ3v) is 7.61. The molecule has 0 heterocycles. The highest BCUT2D eigenvalue weighted by atomic mass is 31.2. The molecule has 0 saturated heterocycles. The molecule has 0 aliphatic carbocycles. The lowest BCUT2D eigenvalue weighted by Crippen LogP contribution is -2.37. The number of likely N-dealkylation sites (N-methyl/N-ethyl adjacent to an activating group) is 1. The number of hydrogen-bond acceptors (Lipinski definition) is 6. The summed E-state index contributed by atoms with van der Waals surface area (Å²) in [7, 11) is 1.66. The SMILES string of the molecule is CCCCCCCCC/C=C\CCCCCCCCCCOCC(COP(=O)(O)OCC[N+](C)(C)C)OC(C)=O. The number of esters is 1. The molecule has 0 aromatic heterocycles. The van der Waals surface area contributed by atoms with Crippen LogP contribution in [-0.4, -0.2) is 75.6 Å². The molecule has 1 N–H and O–H groups in total. The van der Waals surface area contributed by atoms with E-state index in [9.17, 15) is 14.3 Å². The maximum absolute atomic E-state index is 12.1. The van der Waals surface area contributed by atoms with Crippen LogP contribution in [-0.2, 0) is 27.9 Å². The average Bonchev–Trinajstić information content (AvgIpc) is 2.87. The molecule has 0 rings (SSSR count). The van der Waals surface area contributed by atoms with E-state index < -0.39 is 19.9 Å². The van der Waals surface area contributed by atoms with Crippen molar-refractivity contribution in [2.75, 3.05) is 54.1 Å². The first-order valence-corrected chi connectivity index (χ1v) is 17.4. The molecule has 0 aliphatic rings. The van der Waals surface area contributed by atoms with Gasteiger partial charge in [-0.05, 0) is 32.1 Å². The summed E-state index contributed by atoms with van der Waals surface area (Å²) in [5, 5.41) is 0. The summed E-state index contributed by atoms with van der Waals surface area (Å²) in [6.45, 7) is 4.62. The van der Waals surface area contributed by atoms with E-state index in [0.29, 0.717) is 17.6 Å². The first-order valence-electron chi connectivity index (χ1n) is 15.9. The fourth-order valence-corrected chi connectivity index (χ4v) is 4.93. The van der Waals surface area contributed by atoms with E-state index >= 15 is 0 Å². The van der Waals surface area contributed by atoms with Crippen molar-refractivity contribution in [2.45, 2.75) is 129 Å². The molecule has 0 bridgehead atoms. The van der Waals surface area contributed by atoms with Crippen LogP contribution in [0, 0.1) is 0 Å². The molecule has 2 atom stereocenters. The van der Waals surface area contributed by atoms with Crippen LogP contribution in [0.25, 0.3) is 0 Å². The highest BCUT2D eigenvalue weighted by Gasteiger charge is 2.25. The average molecular weight is 593 g/mol. The number of phosphoric ester groups is 1. The number of carbonyl (C=O) groups excluding carboxylic acids is 1. The summed E-state index contributed by atoms with van der Waals surface area (Å²) >= 11 is 0. The normalized spacial score (nSPS) is 14.4. The van der Waals surface area contributed by atoms with Gasteiger partial charge in [0, 0.05) is 13.5 Å². The van der Waals surface area contributed by atoms with Crippen LogP contribution in [0.5, 0.6) is 0 Å². The van der Waals surface area contributed by atoms with Gasteiger partial charge in [-0.25, -0.2) is 4.57 Å². The molecule has 0 saturated carbocycles. The quantitative estimate of drug-likeness (QED) is 0.0309. The second-order valence-corrected chi connectivity index (χ2v) is 13.4. The summed E-state index contributed by atoms with van der Waals surface area (Å²) in [5.41, 5.74) is 0. The lowest BCUT2D eigenvalue weighted by molar-refractivity contribution is -0.870. The van der Waals surface area contributed by atoms with E-state index in [1.54, 1.807) is 0 Å². The minimum atomic E-state index is -4.22. The van der Waals surface area contributed by atoms with Crippen molar-refractivity contribution < 1.29 is 37.3 Å². The van der Waals surface area contributed by atoms with Gasteiger partial charge in [-0.15, -0.1) is 0 Å². The Kier molecular flexibility index (Phi) is 25.4. The van der Waals surface area contributed by atoms with Gasteiger partial charge in [-0.2, -0.15) is 0 Å². The minimum absolute atomic E-state index is 0.0861. The zero-order valence-corrected chi connectivity index (χ0v) is 27.5. The Morgan fingerprint density at radius 3 is 1.75 bits per heavy atom. The number of allylic oxidation sites excluding steroid dienone is 2. The summed E-state index contributed by atoms with van der Waals surface area (Å²) < 4.78 is 33.5. The van der Waals surface area contributed by atoms with Crippen molar-refractivity contribution in [1.29, 1.82) is 0 Å². The van der Waals surface area contributed by atoms with Crippen LogP contribution < -0.4 is 0 Å². The summed E-state index contributed by atoms with van der Waals surface area (Å²) in [5.74, 6) is -0.490. The van der Waals surface area contributed by atoms with Crippen molar-refractivity contribution >= 4 is 13.8 Å².